The Hall–Kier alpha value is -0.830. The number of hydrogen-bond acceptors (Lipinski definition) is 3. The lowest BCUT2D eigenvalue weighted by Crippen LogP contribution is -1.85. The van der Waals surface area contributed by atoms with Crippen LogP contribution in [0.5, 0.6) is 0 Å². The molecule has 3 nitrogen and oxygen atoms in total. The van der Waals surface area contributed by atoms with Crippen LogP contribution in [0.3, 0.4) is 0 Å². The first-order valence-corrected chi connectivity index (χ1v) is 2.39. The van der Waals surface area contributed by atoms with Crippen molar-refractivity contribution < 1.29 is 9.63 Å². The zero-order chi connectivity index (χ0) is 5.98. The highest BCUT2D eigenvalue weighted by Crippen LogP contribution is 2.08. The van der Waals surface area contributed by atoms with Gasteiger partial charge in [0.25, 0.3) is 0 Å². The fraction of sp³-hybridized carbons (Fsp3) is 0.400. The normalized spacial score (nSPS) is 13.8. The van der Waals surface area contributed by atoms with E-state index in [2.05, 4.69) is 9.68 Å². The van der Waals surface area contributed by atoms with E-state index in [-0.39, 0.29) is 0 Å². The Morgan fingerprint density at radius 1 is 1.88 bits per heavy atom. The molecule has 0 aromatic carbocycles. The van der Waals surface area contributed by atoms with E-state index < -0.39 is 6.10 Å². The van der Waals surface area contributed by atoms with Gasteiger partial charge in [-0.15, -0.1) is 0 Å². The summed E-state index contributed by atoms with van der Waals surface area (Å²) in [6, 6.07) is 1.63. The van der Waals surface area contributed by atoms with Gasteiger partial charge in [-0.2, -0.15) is 0 Å². The lowest BCUT2D eigenvalue weighted by Gasteiger charge is -1.92. The van der Waals surface area contributed by atoms with Gasteiger partial charge in [0.15, 0.2) is 5.76 Å². The van der Waals surface area contributed by atoms with Crippen LogP contribution in [-0.4, -0.2) is 10.3 Å². The molecular formula is C5H7NO2. The molecule has 1 aromatic heterocycles. The first kappa shape index (κ1) is 5.31. The van der Waals surface area contributed by atoms with Crippen LogP contribution in [0.15, 0.2) is 16.8 Å². The zero-order valence-electron chi connectivity index (χ0n) is 4.53. The third-order valence-electron chi connectivity index (χ3n) is 0.870. The second kappa shape index (κ2) is 1.96. The summed E-state index contributed by atoms with van der Waals surface area (Å²) < 4.78 is 4.59. The molecule has 0 bridgehead atoms. The summed E-state index contributed by atoms with van der Waals surface area (Å²) in [5.41, 5.74) is 0. The largest absolute Gasteiger partial charge is 0.385 e. The SMILES string of the molecule is CC(O)c1ccno1. The molecule has 1 unspecified atom stereocenters. The van der Waals surface area contributed by atoms with Crippen LogP contribution in [0.1, 0.15) is 18.8 Å². The molecule has 0 amide bonds. The van der Waals surface area contributed by atoms with Crippen molar-refractivity contribution in [3.63, 3.8) is 0 Å². The molecule has 0 saturated carbocycles. The molecule has 1 rings (SSSR count). The summed E-state index contributed by atoms with van der Waals surface area (Å²) in [4.78, 5) is 0. The van der Waals surface area contributed by atoms with Gasteiger partial charge < -0.3 is 9.63 Å². The lowest BCUT2D eigenvalue weighted by molar-refractivity contribution is 0.158. The highest BCUT2D eigenvalue weighted by atomic mass is 16.5. The van der Waals surface area contributed by atoms with Gasteiger partial charge in [-0.05, 0) is 6.92 Å². The Morgan fingerprint density at radius 2 is 2.62 bits per heavy atom. The van der Waals surface area contributed by atoms with Crippen molar-refractivity contribution in [2.24, 2.45) is 0 Å². The van der Waals surface area contributed by atoms with Gasteiger partial charge in [0, 0.05) is 6.07 Å². The molecule has 0 aliphatic rings. The van der Waals surface area contributed by atoms with E-state index in [1.54, 1.807) is 13.0 Å². The Morgan fingerprint density at radius 3 is 2.88 bits per heavy atom. The molecule has 1 N–H and O–H groups in total. The van der Waals surface area contributed by atoms with E-state index >= 15 is 0 Å². The maximum Gasteiger partial charge on any atom is 0.164 e. The van der Waals surface area contributed by atoms with Crippen molar-refractivity contribution in [1.82, 2.24) is 5.16 Å². The second-order valence-corrected chi connectivity index (χ2v) is 1.59. The third-order valence-corrected chi connectivity index (χ3v) is 0.870. The predicted octanol–water partition coefficient (Wildman–Crippen LogP) is 0.728. The van der Waals surface area contributed by atoms with Crippen molar-refractivity contribution in [2.45, 2.75) is 13.0 Å². The smallest absolute Gasteiger partial charge is 0.164 e. The molecule has 0 aliphatic carbocycles. The molecular weight excluding hydrogens is 106 g/mol. The summed E-state index contributed by atoms with van der Waals surface area (Å²) in [6.45, 7) is 1.63. The van der Waals surface area contributed by atoms with Crippen LogP contribution in [-0.2, 0) is 0 Å². The third kappa shape index (κ3) is 0.869. The topological polar surface area (TPSA) is 46.3 Å². The number of nitrogens with zero attached hydrogens (tertiary/aromatic N) is 1. The van der Waals surface area contributed by atoms with Crippen molar-refractivity contribution >= 4 is 0 Å². The molecule has 3 heteroatoms. The maximum absolute atomic E-state index is 8.78. The minimum absolute atomic E-state index is 0.505. The summed E-state index contributed by atoms with van der Waals surface area (Å²) >= 11 is 0. The number of aliphatic hydroxyl groups is 1. The van der Waals surface area contributed by atoms with Gasteiger partial charge in [0.1, 0.15) is 6.10 Å². The van der Waals surface area contributed by atoms with E-state index in [0.29, 0.717) is 5.76 Å². The van der Waals surface area contributed by atoms with Gasteiger partial charge in [-0.1, -0.05) is 5.16 Å². The van der Waals surface area contributed by atoms with Gasteiger partial charge in [-0.3, -0.25) is 0 Å². The highest BCUT2D eigenvalue weighted by Gasteiger charge is 2.01. The van der Waals surface area contributed by atoms with Gasteiger partial charge in [-0.25, -0.2) is 0 Å². The maximum atomic E-state index is 8.78. The Labute approximate surface area is 46.9 Å². The summed E-state index contributed by atoms with van der Waals surface area (Å²) in [5, 5.41) is 12.2. The molecule has 0 fully saturated rings. The molecule has 0 saturated heterocycles. The fourth-order valence-corrected chi connectivity index (χ4v) is 0.441. The molecule has 8 heavy (non-hydrogen) atoms. The van der Waals surface area contributed by atoms with Crippen LogP contribution in [0.25, 0.3) is 0 Å². The summed E-state index contributed by atoms with van der Waals surface area (Å²) in [5.74, 6) is 0.505. The minimum Gasteiger partial charge on any atom is -0.385 e. The van der Waals surface area contributed by atoms with Crippen molar-refractivity contribution in [1.29, 1.82) is 0 Å². The Kier molecular flexibility index (Phi) is 1.30. The molecule has 0 spiro atoms. The standard InChI is InChI=1S/C5H7NO2/c1-4(7)5-2-3-6-8-5/h2-4,7H,1H3. The molecule has 1 atom stereocenters. The number of aliphatic hydroxyl groups excluding tert-OH is 1. The summed E-state index contributed by atoms with van der Waals surface area (Å²) in [6.07, 6.45) is 0.958. The van der Waals surface area contributed by atoms with Crippen molar-refractivity contribution in [2.75, 3.05) is 0 Å². The molecule has 1 heterocycles. The number of aromatic nitrogens is 1. The molecule has 44 valence electrons. The Balaban J connectivity index is 2.77. The van der Waals surface area contributed by atoms with Crippen LogP contribution >= 0.6 is 0 Å². The second-order valence-electron chi connectivity index (χ2n) is 1.59. The predicted molar refractivity (Wildman–Crippen MR) is 27.1 cm³/mol. The van der Waals surface area contributed by atoms with E-state index in [4.69, 9.17) is 5.11 Å². The number of rotatable bonds is 1. The minimum atomic E-state index is -0.544. The average molecular weight is 113 g/mol. The van der Waals surface area contributed by atoms with E-state index in [1.807, 2.05) is 0 Å². The first-order chi connectivity index (χ1) is 3.80. The van der Waals surface area contributed by atoms with Gasteiger partial charge in [0.05, 0.1) is 6.20 Å². The average Bonchev–Trinajstić information content (AvgIpc) is 2.12. The zero-order valence-corrected chi connectivity index (χ0v) is 4.53. The van der Waals surface area contributed by atoms with Crippen molar-refractivity contribution in [3.05, 3.63) is 18.0 Å². The first-order valence-electron chi connectivity index (χ1n) is 2.39. The van der Waals surface area contributed by atoms with Crippen LogP contribution in [0.2, 0.25) is 0 Å². The Bertz CT molecular complexity index is 145. The quantitative estimate of drug-likeness (QED) is 0.583. The van der Waals surface area contributed by atoms with E-state index in [0.717, 1.165) is 0 Å². The molecule has 0 aliphatic heterocycles. The molecule has 0 radical (unpaired) electrons. The van der Waals surface area contributed by atoms with Crippen LogP contribution < -0.4 is 0 Å². The van der Waals surface area contributed by atoms with Crippen LogP contribution in [0, 0.1) is 0 Å². The van der Waals surface area contributed by atoms with Gasteiger partial charge >= 0.3 is 0 Å². The van der Waals surface area contributed by atoms with E-state index in [1.165, 1.54) is 6.20 Å². The van der Waals surface area contributed by atoms with Crippen LogP contribution in [0.4, 0.5) is 0 Å². The molecule has 1 aromatic rings. The van der Waals surface area contributed by atoms with Crippen molar-refractivity contribution in [3.8, 4) is 0 Å². The fourth-order valence-electron chi connectivity index (χ4n) is 0.441. The van der Waals surface area contributed by atoms with Gasteiger partial charge in [0.2, 0.25) is 0 Å². The summed E-state index contributed by atoms with van der Waals surface area (Å²) in [7, 11) is 0. The monoisotopic (exact) mass is 113 g/mol. The highest BCUT2D eigenvalue weighted by molar-refractivity contribution is 4.95. The number of hydrogen-bond donors (Lipinski definition) is 1. The lowest BCUT2D eigenvalue weighted by atomic mass is 10.3. The van der Waals surface area contributed by atoms with E-state index in [9.17, 15) is 0 Å².